The molecule has 18 heavy (non-hydrogen) atoms. The van der Waals surface area contributed by atoms with Gasteiger partial charge in [0.25, 0.3) is 0 Å². The van der Waals surface area contributed by atoms with E-state index in [1.165, 1.54) is 6.42 Å². The third-order valence-corrected chi connectivity index (χ3v) is 3.65. The molecule has 1 saturated carbocycles. The number of amides is 1. The molecule has 0 aromatic rings. The second kappa shape index (κ2) is 6.02. The molecule has 2 atom stereocenters. The van der Waals surface area contributed by atoms with Crippen LogP contribution in [0, 0.1) is 10.8 Å². The van der Waals surface area contributed by atoms with Gasteiger partial charge in [0.2, 0.25) is 5.91 Å². The van der Waals surface area contributed by atoms with Gasteiger partial charge in [0.1, 0.15) is 0 Å². The summed E-state index contributed by atoms with van der Waals surface area (Å²) in [7, 11) is 1.69. The van der Waals surface area contributed by atoms with E-state index in [0.29, 0.717) is 12.8 Å². The molecule has 0 spiro atoms. The number of ether oxygens (including phenoxy) is 1. The summed E-state index contributed by atoms with van der Waals surface area (Å²) >= 11 is 0. The van der Waals surface area contributed by atoms with Gasteiger partial charge in [0.15, 0.2) is 0 Å². The number of carbonyl (C=O) groups excluding carboxylic acids is 1. The van der Waals surface area contributed by atoms with Crippen molar-refractivity contribution in [2.75, 3.05) is 20.4 Å². The van der Waals surface area contributed by atoms with Crippen molar-refractivity contribution in [1.29, 1.82) is 0 Å². The van der Waals surface area contributed by atoms with E-state index < -0.39 is 0 Å². The predicted molar refractivity (Wildman–Crippen MR) is 73.2 cm³/mol. The van der Waals surface area contributed by atoms with Crippen molar-refractivity contribution in [1.82, 2.24) is 10.6 Å². The second-order valence-corrected chi connectivity index (χ2v) is 6.82. The fourth-order valence-corrected chi connectivity index (χ4v) is 3.61. The second-order valence-electron chi connectivity index (χ2n) is 6.82. The molecule has 1 aliphatic carbocycles. The topological polar surface area (TPSA) is 50.4 Å². The minimum atomic E-state index is 0.0740. The van der Waals surface area contributed by atoms with Crippen LogP contribution in [0.15, 0.2) is 0 Å². The molecule has 0 aromatic heterocycles. The van der Waals surface area contributed by atoms with Crippen molar-refractivity contribution in [3.05, 3.63) is 0 Å². The molecule has 0 bridgehead atoms. The first-order chi connectivity index (χ1) is 8.26. The Hall–Kier alpha value is -0.610. The summed E-state index contributed by atoms with van der Waals surface area (Å²) in [6, 6.07) is 0.292. The summed E-state index contributed by atoms with van der Waals surface area (Å²) in [6.07, 6.45) is 3.27. The molecular weight excluding hydrogens is 228 g/mol. The standard InChI is InChI=1S/C14H28N2O2/c1-11(17)16-12-6-13(2,3)8-14(4,7-12)9-15-10-18-5/h12,15H,6-10H2,1-5H3,(H,16,17). The van der Waals surface area contributed by atoms with E-state index in [1.54, 1.807) is 14.0 Å². The van der Waals surface area contributed by atoms with Gasteiger partial charge < -0.3 is 10.1 Å². The molecule has 4 heteroatoms. The summed E-state index contributed by atoms with van der Waals surface area (Å²) in [5.41, 5.74) is 0.488. The summed E-state index contributed by atoms with van der Waals surface area (Å²) in [4.78, 5) is 11.2. The Balaban J connectivity index is 2.63. The van der Waals surface area contributed by atoms with Crippen LogP contribution in [0.5, 0.6) is 0 Å². The zero-order chi connectivity index (χ0) is 13.8. The number of hydrogen-bond donors (Lipinski definition) is 2. The molecule has 1 rings (SSSR count). The van der Waals surface area contributed by atoms with E-state index in [1.807, 2.05) is 0 Å². The average Bonchev–Trinajstić information content (AvgIpc) is 2.12. The molecule has 2 N–H and O–H groups in total. The zero-order valence-electron chi connectivity index (χ0n) is 12.4. The van der Waals surface area contributed by atoms with Gasteiger partial charge in [-0.1, -0.05) is 20.8 Å². The van der Waals surface area contributed by atoms with Gasteiger partial charge in [0.05, 0.1) is 6.73 Å². The molecule has 2 unspecified atom stereocenters. The lowest BCUT2D eigenvalue weighted by Gasteiger charge is -2.47. The van der Waals surface area contributed by atoms with Crippen LogP contribution >= 0.6 is 0 Å². The highest BCUT2D eigenvalue weighted by atomic mass is 16.5. The number of hydrogen-bond acceptors (Lipinski definition) is 3. The molecule has 1 amide bonds. The number of carbonyl (C=O) groups is 1. The van der Waals surface area contributed by atoms with Crippen LogP contribution in [0.25, 0.3) is 0 Å². The van der Waals surface area contributed by atoms with Crippen LogP contribution in [0.4, 0.5) is 0 Å². The van der Waals surface area contributed by atoms with Crippen LogP contribution in [-0.2, 0) is 9.53 Å². The maximum atomic E-state index is 11.2. The quantitative estimate of drug-likeness (QED) is 0.583. The zero-order valence-corrected chi connectivity index (χ0v) is 12.4. The summed E-state index contributed by atoms with van der Waals surface area (Å²) < 4.78 is 5.04. The van der Waals surface area contributed by atoms with Crippen molar-refractivity contribution in [3.8, 4) is 0 Å². The van der Waals surface area contributed by atoms with Crippen LogP contribution in [-0.4, -0.2) is 32.3 Å². The third kappa shape index (κ3) is 4.94. The monoisotopic (exact) mass is 256 g/mol. The van der Waals surface area contributed by atoms with Gasteiger partial charge in [-0.05, 0) is 30.1 Å². The summed E-state index contributed by atoms with van der Waals surface area (Å²) in [6.45, 7) is 9.99. The van der Waals surface area contributed by atoms with Gasteiger partial charge in [-0.15, -0.1) is 0 Å². The van der Waals surface area contributed by atoms with Crippen molar-refractivity contribution in [2.45, 2.75) is 53.0 Å². The number of nitrogens with one attached hydrogen (secondary N) is 2. The van der Waals surface area contributed by atoms with Gasteiger partial charge in [-0.25, -0.2) is 0 Å². The Morgan fingerprint density at radius 1 is 1.33 bits per heavy atom. The third-order valence-electron chi connectivity index (χ3n) is 3.65. The highest BCUT2D eigenvalue weighted by Gasteiger charge is 2.41. The van der Waals surface area contributed by atoms with Crippen molar-refractivity contribution < 1.29 is 9.53 Å². The first-order valence-corrected chi connectivity index (χ1v) is 6.73. The lowest BCUT2D eigenvalue weighted by atomic mass is 9.62. The lowest BCUT2D eigenvalue weighted by molar-refractivity contribution is -0.120. The smallest absolute Gasteiger partial charge is 0.217 e. The predicted octanol–water partition coefficient (Wildman–Crippen LogP) is 1.90. The number of rotatable bonds is 5. The van der Waals surface area contributed by atoms with Gasteiger partial charge in [0, 0.05) is 26.6 Å². The van der Waals surface area contributed by atoms with Crippen molar-refractivity contribution in [3.63, 3.8) is 0 Å². The highest BCUT2D eigenvalue weighted by molar-refractivity contribution is 5.73. The van der Waals surface area contributed by atoms with Gasteiger partial charge in [-0.2, -0.15) is 0 Å². The van der Waals surface area contributed by atoms with E-state index >= 15 is 0 Å². The van der Waals surface area contributed by atoms with Gasteiger partial charge >= 0.3 is 0 Å². The Kier molecular flexibility index (Phi) is 5.17. The summed E-state index contributed by atoms with van der Waals surface area (Å²) in [5.74, 6) is 0.0740. The van der Waals surface area contributed by atoms with E-state index in [2.05, 4.69) is 31.4 Å². The largest absolute Gasteiger partial charge is 0.370 e. The summed E-state index contributed by atoms with van der Waals surface area (Å²) in [5, 5.41) is 6.41. The Morgan fingerprint density at radius 3 is 2.56 bits per heavy atom. The molecule has 0 heterocycles. The fraction of sp³-hybridized carbons (Fsp3) is 0.929. The minimum Gasteiger partial charge on any atom is -0.370 e. The highest BCUT2D eigenvalue weighted by Crippen LogP contribution is 2.45. The molecule has 1 aliphatic rings. The molecular formula is C14H28N2O2. The van der Waals surface area contributed by atoms with Gasteiger partial charge in [-0.3, -0.25) is 10.1 Å². The lowest BCUT2D eigenvalue weighted by Crippen LogP contribution is -2.49. The van der Waals surface area contributed by atoms with E-state index in [9.17, 15) is 4.79 Å². The minimum absolute atomic E-state index is 0.0740. The molecule has 0 aromatic carbocycles. The van der Waals surface area contributed by atoms with Crippen LogP contribution in [0.2, 0.25) is 0 Å². The Bertz CT molecular complexity index is 292. The normalized spacial score (nSPS) is 31.1. The Morgan fingerprint density at radius 2 is 2.00 bits per heavy atom. The average molecular weight is 256 g/mol. The van der Waals surface area contributed by atoms with E-state index in [4.69, 9.17) is 4.74 Å². The molecule has 106 valence electrons. The van der Waals surface area contributed by atoms with Crippen LogP contribution in [0.3, 0.4) is 0 Å². The molecule has 4 nitrogen and oxygen atoms in total. The number of methoxy groups -OCH3 is 1. The maximum Gasteiger partial charge on any atom is 0.217 e. The molecule has 0 saturated heterocycles. The van der Waals surface area contributed by atoms with Crippen molar-refractivity contribution >= 4 is 5.91 Å². The molecule has 0 radical (unpaired) electrons. The van der Waals surface area contributed by atoms with E-state index in [-0.39, 0.29) is 16.7 Å². The fourth-order valence-electron chi connectivity index (χ4n) is 3.61. The molecule has 0 aliphatic heterocycles. The van der Waals surface area contributed by atoms with Crippen LogP contribution < -0.4 is 10.6 Å². The SMILES string of the molecule is COCNCC1(C)CC(NC(C)=O)CC(C)(C)C1. The van der Waals surface area contributed by atoms with Crippen molar-refractivity contribution in [2.24, 2.45) is 10.8 Å². The molecule has 1 fully saturated rings. The Labute approximate surface area is 111 Å². The maximum absolute atomic E-state index is 11.2. The first-order valence-electron chi connectivity index (χ1n) is 6.73. The first kappa shape index (κ1) is 15.4. The van der Waals surface area contributed by atoms with E-state index in [0.717, 1.165) is 19.4 Å². The van der Waals surface area contributed by atoms with Crippen LogP contribution in [0.1, 0.15) is 47.0 Å².